The molecule has 0 atom stereocenters. The Bertz CT molecular complexity index is 618. The molecule has 2 fully saturated rings. The maximum Gasteiger partial charge on any atom is 0.186 e. The van der Waals surface area contributed by atoms with Gasteiger partial charge in [-0.05, 0) is 18.2 Å². The first-order valence-corrected chi connectivity index (χ1v) is 9.69. The Morgan fingerprint density at radius 2 is 2.00 bits per heavy atom. The Morgan fingerprint density at radius 1 is 1.20 bits per heavy atom. The SMILES string of the molecule is Brc1ccc2nc(N3CC(N4CCSCC4)C3)sc2c1. The number of aromatic nitrogens is 1. The molecular weight excluding hydrogens is 354 g/mol. The highest BCUT2D eigenvalue weighted by Gasteiger charge is 2.33. The number of rotatable bonds is 2. The Morgan fingerprint density at radius 3 is 2.80 bits per heavy atom. The fourth-order valence-corrected chi connectivity index (χ4v) is 5.27. The van der Waals surface area contributed by atoms with Crippen molar-refractivity contribution in [3.8, 4) is 0 Å². The van der Waals surface area contributed by atoms with E-state index in [0.29, 0.717) is 0 Å². The fraction of sp³-hybridized carbons (Fsp3) is 0.500. The molecule has 1 aromatic carbocycles. The molecule has 6 heteroatoms. The quantitative estimate of drug-likeness (QED) is 0.808. The average molecular weight is 370 g/mol. The van der Waals surface area contributed by atoms with Gasteiger partial charge >= 0.3 is 0 Å². The van der Waals surface area contributed by atoms with Gasteiger partial charge in [0.15, 0.2) is 5.13 Å². The standard InChI is InChI=1S/C14H16BrN3S2/c15-10-1-2-12-13(7-10)20-14(16-12)18-8-11(9-18)17-3-5-19-6-4-17/h1-2,7,11H,3-6,8-9H2. The van der Waals surface area contributed by atoms with E-state index in [2.05, 4.69) is 55.7 Å². The van der Waals surface area contributed by atoms with E-state index in [9.17, 15) is 0 Å². The lowest BCUT2D eigenvalue weighted by Crippen LogP contribution is -2.61. The van der Waals surface area contributed by atoms with Gasteiger partial charge in [-0.3, -0.25) is 4.90 Å². The number of nitrogens with zero attached hydrogens (tertiary/aromatic N) is 3. The van der Waals surface area contributed by atoms with Crippen molar-refractivity contribution in [2.75, 3.05) is 42.6 Å². The Labute approximate surface area is 135 Å². The number of thioether (sulfide) groups is 1. The summed E-state index contributed by atoms with van der Waals surface area (Å²) in [6.07, 6.45) is 0. The van der Waals surface area contributed by atoms with E-state index in [1.54, 1.807) is 11.3 Å². The second-order valence-electron chi connectivity index (χ2n) is 5.32. The topological polar surface area (TPSA) is 19.4 Å². The molecular formula is C14H16BrN3S2. The number of benzene rings is 1. The summed E-state index contributed by atoms with van der Waals surface area (Å²) >= 11 is 7.42. The minimum absolute atomic E-state index is 0.745. The summed E-state index contributed by atoms with van der Waals surface area (Å²) in [6, 6.07) is 7.07. The second-order valence-corrected chi connectivity index (χ2v) is 8.47. The van der Waals surface area contributed by atoms with Crippen LogP contribution in [0.3, 0.4) is 0 Å². The van der Waals surface area contributed by atoms with Crippen molar-refractivity contribution < 1.29 is 0 Å². The molecule has 20 heavy (non-hydrogen) atoms. The van der Waals surface area contributed by atoms with E-state index < -0.39 is 0 Å². The maximum absolute atomic E-state index is 4.76. The van der Waals surface area contributed by atoms with Gasteiger partial charge in [-0.15, -0.1) is 0 Å². The van der Waals surface area contributed by atoms with Crippen LogP contribution in [-0.4, -0.2) is 53.6 Å². The summed E-state index contributed by atoms with van der Waals surface area (Å²) in [6.45, 7) is 4.81. The highest BCUT2D eigenvalue weighted by Crippen LogP contribution is 2.34. The molecule has 3 nitrogen and oxygen atoms in total. The van der Waals surface area contributed by atoms with E-state index in [-0.39, 0.29) is 0 Å². The van der Waals surface area contributed by atoms with E-state index in [0.717, 1.165) is 29.1 Å². The molecule has 0 saturated carbocycles. The highest BCUT2D eigenvalue weighted by molar-refractivity contribution is 9.10. The van der Waals surface area contributed by atoms with Crippen molar-refractivity contribution in [1.29, 1.82) is 0 Å². The van der Waals surface area contributed by atoms with Crippen LogP contribution in [0.5, 0.6) is 0 Å². The molecule has 0 spiro atoms. The van der Waals surface area contributed by atoms with Gasteiger partial charge in [-0.2, -0.15) is 11.8 Å². The van der Waals surface area contributed by atoms with Crippen LogP contribution >= 0.6 is 39.0 Å². The van der Waals surface area contributed by atoms with Crippen LogP contribution < -0.4 is 4.90 Å². The smallest absolute Gasteiger partial charge is 0.186 e. The van der Waals surface area contributed by atoms with Crippen LogP contribution in [0, 0.1) is 0 Å². The number of halogens is 1. The molecule has 2 aromatic rings. The molecule has 0 radical (unpaired) electrons. The fourth-order valence-electron chi connectivity index (χ4n) is 2.81. The predicted octanol–water partition coefficient (Wildman–Crippen LogP) is 3.30. The van der Waals surface area contributed by atoms with Crippen molar-refractivity contribution in [2.24, 2.45) is 0 Å². The Kier molecular flexibility index (Phi) is 3.66. The number of thiazole rings is 1. The molecule has 2 aliphatic heterocycles. The van der Waals surface area contributed by atoms with E-state index >= 15 is 0 Å². The molecule has 0 unspecified atom stereocenters. The van der Waals surface area contributed by atoms with Gasteiger partial charge in [0.2, 0.25) is 0 Å². The normalized spacial score (nSPS) is 21.4. The molecule has 2 aliphatic rings. The first-order valence-electron chi connectivity index (χ1n) is 6.92. The molecule has 0 amide bonds. The van der Waals surface area contributed by atoms with Crippen LogP contribution in [0.25, 0.3) is 10.2 Å². The van der Waals surface area contributed by atoms with Gasteiger partial charge < -0.3 is 4.90 Å². The Balaban J connectivity index is 1.46. The van der Waals surface area contributed by atoms with Gasteiger partial charge in [0.1, 0.15) is 0 Å². The van der Waals surface area contributed by atoms with E-state index in [4.69, 9.17) is 4.98 Å². The third-order valence-electron chi connectivity index (χ3n) is 4.03. The lowest BCUT2D eigenvalue weighted by molar-refractivity contribution is 0.183. The van der Waals surface area contributed by atoms with E-state index in [1.165, 1.54) is 34.4 Å². The van der Waals surface area contributed by atoms with Gasteiger partial charge in [0.25, 0.3) is 0 Å². The van der Waals surface area contributed by atoms with Crippen molar-refractivity contribution in [2.45, 2.75) is 6.04 Å². The molecule has 1 aromatic heterocycles. The molecule has 3 heterocycles. The Hall–Kier alpha value is -0.300. The zero-order chi connectivity index (χ0) is 13.5. The summed E-state index contributed by atoms with van der Waals surface area (Å²) < 4.78 is 2.40. The number of hydrogen-bond acceptors (Lipinski definition) is 5. The predicted molar refractivity (Wildman–Crippen MR) is 92.2 cm³/mol. The van der Waals surface area contributed by atoms with Crippen LogP contribution in [0.1, 0.15) is 0 Å². The molecule has 0 bridgehead atoms. The molecule has 4 rings (SSSR count). The lowest BCUT2D eigenvalue weighted by Gasteiger charge is -2.46. The maximum atomic E-state index is 4.76. The summed E-state index contributed by atoms with van der Waals surface area (Å²) in [7, 11) is 0. The van der Waals surface area contributed by atoms with Crippen LogP contribution in [0.2, 0.25) is 0 Å². The molecule has 0 aliphatic carbocycles. The minimum atomic E-state index is 0.745. The zero-order valence-corrected chi connectivity index (χ0v) is 14.3. The second kappa shape index (κ2) is 5.48. The number of fused-ring (bicyclic) bond motifs is 1. The summed E-state index contributed by atoms with van der Waals surface area (Å²) in [4.78, 5) is 9.83. The van der Waals surface area contributed by atoms with Crippen molar-refractivity contribution >= 4 is 54.4 Å². The summed E-state index contributed by atoms with van der Waals surface area (Å²) in [5.41, 5.74) is 1.12. The third-order valence-corrected chi connectivity index (χ3v) is 6.55. The monoisotopic (exact) mass is 369 g/mol. The van der Waals surface area contributed by atoms with Gasteiger partial charge in [-0.25, -0.2) is 4.98 Å². The van der Waals surface area contributed by atoms with Crippen molar-refractivity contribution in [3.05, 3.63) is 22.7 Å². The number of anilines is 1. The van der Waals surface area contributed by atoms with Gasteiger partial charge in [0.05, 0.1) is 10.2 Å². The first-order chi connectivity index (χ1) is 9.79. The van der Waals surface area contributed by atoms with Crippen molar-refractivity contribution in [1.82, 2.24) is 9.88 Å². The third kappa shape index (κ3) is 2.47. The summed E-state index contributed by atoms with van der Waals surface area (Å²) in [5.74, 6) is 2.59. The van der Waals surface area contributed by atoms with Gasteiger partial charge in [-0.1, -0.05) is 27.3 Å². The van der Waals surface area contributed by atoms with Crippen LogP contribution in [-0.2, 0) is 0 Å². The zero-order valence-electron chi connectivity index (χ0n) is 11.1. The molecule has 0 N–H and O–H groups in total. The van der Waals surface area contributed by atoms with Crippen LogP contribution in [0.4, 0.5) is 5.13 Å². The highest BCUT2D eigenvalue weighted by atomic mass is 79.9. The lowest BCUT2D eigenvalue weighted by atomic mass is 10.1. The molecule has 106 valence electrons. The average Bonchev–Trinajstić information content (AvgIpc) is 2.80. The first kappa shape index (κ1) is 13.4. The van der Waals surface area contributed by atoms with Gasteiger partial charge in [0, 0.05) is 48.2 Å². The largest absolute Gasteiger partial charge is 0.345 e. The summed E-state index contributed by atoms with van der Waals surface area (Å²) in [5, 5.41) is 1.18. The van der Waals surface area contributed by atoms with Crippen LogP contribution in [0.15, 0.2) is 22.7 Å². The van der Waals surface area contributed by atoms with Crippen molar-refractivity contribution in [3.63, 3.8) is 0 Å². The molecule has 2 saturated heterocycles. The number of hydrogen-bond donors (Lipinski definition) is 0. The minimum Gasteiger partial charge on any atom is -0.345 e. The van der Waals surface area contributed by atoms with E-state index in [1.807, 2.05) is 0 Å².